The summed E-state index contributed by atoms with van der Waals surface area (Å²) in [5.74, 6) is -0.339. The Kier molecular flexibility index (Phi) is 4.79. The normalized spacial score (nSPS) is 20.2. The molecule has 1 aromatic rings. The molecule has 2 N–H and O–H groups in total. The average molecular weight is 288 g/mol. The Morgan fingerprint density at radius 2 is 2.16 bits per heavy atom. The van der Waals surface area contributed by atoms with Crippen LogP contribution in [0.5, 0.6) is 0 Å². The van der Waals surface area contributed by atoms with Crippen molar-refractivity contribution in [2.75, 3.05) is 19.8 Å². The van der Waals surface area contributed by atoms with Crippen LogP contribution in [-0.4, -0.2) is 25.4 Å². The third kappa shape index (κ3) is 3.08. The van der Waals surface area contributed by atoms with Crippen LogP contribution in [0.25, 0.3) is 0 Å². The molecule has 19 heavy (non-hydrogen) atoms. The molecular weight excluding hydrogens is 269 g/mol. The topological polar surface area (TPSA) is 44.5 Å². The lowest BCUT2D eigenvalue weighted by Crippen LogP contribution is -2.48. The van der Waals surface area contributed by atoms with Crippen LogP contribution >= 0.6 is 11.6 Å². The first-order valence-corrected chi connectivity index (χ1v) is 6.89. The zero-order valence-electron chi connectivity index (χ0n) is 11.0. The van der Waals surface area contributed by atoms with Crippen molar-refractivity contribution in [2.45, 2.75) is 31.4 Å². The molecule has 0 saturated carbocycles. The highest BCUT2D eigenvalue weighted by Crippen LogP contribution is 2.38. The first-order valence-electron chi connectivity index (χ1n) is 6.51. The van der Waals surface area contributed by atoms with Gasteiger partial charge in [-0.05, 0) is 30.7 Å². The molecule has 0 aliphatic carbocycles. The summed E-state index contributed by atoms with van der Waals surface area (Å²) in [6, 6.07) is 3.80. The number of benzene rings is 1. The number of ether oxygens (including phenoxy) is 2. The van der Waals surface area contributed by atoms with Gasteiger partial charge >= 0.3 is 0 Å². The third-order valence-corrected chi connectivity index (χ3v) is 3.98. The van der Waals surface area contributed by atoms with Gasteiger partial charge in [0.05, 0.1) is 11.6 Å². The van der Waals surface area contributed by atoms with Crippen molar-refractivity contribution in [3.05, 3.63) is 34.6 Å². The predicted molar refractivity (Wildman–Crippen MR) is 72.7 cm³/mol. The van der Waals surface area contributed by atoms with Gasteiger partial charge in [0.25, 0.3) is 0 Å². The summed E-state index contributed by atoms with van der Waals surface area (Å²) < 4.78 is 24.7. The van der Waals surface area contributed by atoms with Gasteiger partial charge in [-0.1, -0.05) is 11.6 Å². The number of halogens is 2. The third-order valence-electron chi connectivity index (χ3n) is 3.63. The molecule has 5 heteroatoms. The van der Waals surface area contributed by atoms with Crippen LogP contribution < -0.4 is 5.73 Å². The fourth-order valence-corrected chi connectivity index (χ4v) is 2.82. The Bertz CT molecular complexity index is 430. The summed E-state index contributed by atoms with van der Waals surface area (Å²) in [5, 5.41) is 0.472. The monoisotopic (exact) mass is 287 g/mol. The second-order valence-corrected chi connectivity index (χ2v) is 5.16. The molecule has 1 aliphatic heterocycles. The predicted octanol–water partition coefficient (Wildman–Crippen LogP) is 3.06. The molecule has 3 nitrogen and oxygen atoms in total. The highest BCUT2D eigenvalue weighted by molar-refractivity contribution is 6.31. The Morgan fingerprint density at radius 3 is 2.79 bits per heavy atom. The van der Waals surface area contributed by atoms with E-state index in [1.54, 1.807) is 0 Å². The van der Waals surface area contributed by atoms with Crippen LogP contribution in [0.3, 0.4) is 0 Å². The zero-order chi connectivity index (χ0) is 13.9. The van der Waals surface area contributed by atoms with E-state index in [1.165, 1.54) is 18.2 Å². The van der Waals surface area contributed by atoms with E-state index in [9.17, 15) is 4.39 Å². The summed E-state index contributed by atoms with van der Waals surface area (Å²) >= 11 is 6.14. The first-order chi connectivity index (χ1) is 9.09. The summed E-state index contributed by atoms with van der Waals surface area (Å²) in [6.45, 7) is 3.68. The van der Waals surface area contributed by atoms with Crippen molar-refractivity contribution in [3.63, 3.8) is 0 Å². The molecule has 2 rings (SSSR count). The van der Waals surface area contributed by atoms with Crippen molar-refractivity contribution in [3.8, 4) is 0 Å². The second-order valence-electron chi connectivity index (χ2n) is 4.75. The van der Waals surface area contributed by atoms with E-state index in [0.717, 1.165) is 0 Å². The van der Waals surface area contributed by atoms with Crippen LogP contribution in [0.15, 0.2) is 18.2 Å². The van der Waals surface area contributed by atoms with Gasteiger partial charge in [-0.25, -0.2) is 4.39 Å². The van der Waals surface area contributed by atoms with Crippen molar-refractivity contribution in [1.82, 2.24) is 0 Å². The molecule has 1 aliphatic rings. The van der Waals surface area contributed by atoms with Gasteiger partial charge in [-0.2, -0.15) is 0 Å². The summed E-state index contributed by atoms with van der Waals surface area (Å²) in [6.07, 6.45) is 1.38. The van der Waals surface area contributed by atoms with Crippen LogP contribution in [0, 0.1) is 5.82 Å². The second kappa shape index (κ2) is 6.18. The number of hydrogen-bond acceptors (Lipinski definition) is 3. The number of rotatable bonds is 4. The maximum Gasteiger partial charge on any atom is 0.123 e. The molecule has 0 bridgehead atoms. The maximum atomic E-state index is 13.4. The molecule has 1 fully saturated rings. The van der Waals surface area contributed by atoms with Gasteiger partial charge in [0.2, 0.25) is 0 Å². The summed E-state index contributed by atoms with van der Waals surface area (Å²) in [4.78, 5) is 0. The minimum absolute atomic E-state index is 0.339. The van der Waals surface area contributed by atoms with Gasteiger partial charge in [0, 0.05) is 37.7 Å². The van der Waals surface area contributed by atoms with Gasteiger partial charge in [0.15, 0.2) is 0 Å². The summed E-state index contributed by atoms with van der Waals surface area (Å²) in [7, 11) is 0. The van der Waals surface area contributed by atoms with Crippen molar-refractivity contribution in [2.24, 2.45) is 5.73 Å². The zero-order valence-corrected chi connectivity index (χ0v) is 11.8. The van der Waals surface area contributed by atoms with Gasteiger partial charge in [-0.3, -0.25) is 0 Å². The Balaban J connectivity index is 2.32. The van der Waals surface area contributed by atoms with E-state index in [1.807, 2.05) is 6.92 Å². The van der Waals surface area contributed by atoms with Crippen LogP contribution in [0.1, 0.15) is 31.4 Å². The average Bonchev–Trinajstić information content (AvgIpc) is 2.42. The molecule has 0 aromatic heterocycles. The molecule has 1 unspecified atom stereocenters. The van der Waals surface area contributed by atoms with E-state index in [4.69, 9.17) is 26.8 Å². The van der Waals surface area contributed by atoms with E-state index in [0.29, 0.717) is 43.2 Å². The highest BCUT2D eigenvalue weighted by atomic mass is 35.5. The van der Waals surface area contributed by atoms with Crippen LogP contribution in [0.4, 0.5) is 4.39 Å². The highest BCUT2D eigenvalue weighted by Gasteiger charge is 2.40. The molecule has 0 amide bonds. The molecule has 106 valence electrons. The molecule has 1 atom stereocenters. The van der Waals surface area contributed by atoms with E-state index < -0.39 is 11.6 Å². The van der Waals surface area contributed by atoms with Crippen LogP contribution in [0.2, 0.25) is 5.02 Å². The van der Waals surface area contributed by atoms with Crippen molar-refractivity contribution < 1.29 is 13.9 Å². The molecular formula is C14H19ClFNO2. The minimum Gasteiger partial charge on any atom is -0.381 e. The van der Waals surface area contributed by atoms with Gasteiger partial charge in [0.1, 0.15) is 5.82 Å². The molecule has 1 saturated heterocycles. The van der Waals surface area contributed by atoms with E-state index >= 15 is 0 Å². The Labute approximate surface area is 117 Å². The van der Waals surface area contributed by atoms with E-state index in [2.05, 4.69) is 0 Å². The van der Waals surface area contributed by atoms with Gasteiger partial charge in [-0.15, -0.1) is 0 Å². The maximum absolute atomic E-state index is 13.4. The fourth-order valence-electron chi connectivity index (χ4n) is 2.59. The lowest BCUT2D eigenvalue weighted by Gasteiger charge is -2.41. The largest absolute Gasteiger partial charge is 0.381 e. The number of hydrogen-bond donors (Lipinski definition) is 1. The SMILES string of the molecule is CCOC1(C(N)c2cc(F)ccc2Cl)CCOCC1. The first kappa shape index (κ1) is 14.7. The van der Waals surface area contributed by atoms with Crippen molar-refractivity contribution in [1.29, 1.82) is 0 Å². The molecule has 0 radical (unpaired) electrons. The van der Waals surface area contributed by atoms with E-state index in [-0.39, 0.29) is 5.82 Å². The quantitative estimate of drug-likeness (QED) is 0.926. The fraction of sp³-hybridized carbons (Fsp3) is 0.571. The summed E-state index contributed by atoms with van der Waals surface area (Å²) in [5.41, 5.74) is 6.40. The van der Waals surface area contributed by atoms with Gasteiger partial charge < -0.3 is 15.2 Å². The Hall–Kier alpha value is -0.680. The minimum atomic E-state index is -0.523. The Morgan fingerprint density at radius 1 is 1.47 bits per heavy atom. The molecule has 1 heterocycles. The number of nitrogens with two attached hydrogens (primary N) is 1. The lowest BCUT2D eigenvalue weighted by atomic mass is 9.82. The lowest BCUT2D eigenvalue weighted by molar-refractivity contribution is -0.121. The molecule has 0 spiro atoms. The molecule has 1 aromatic carbocycles. The smallest absolute Gasteiger partial charge is 0.123 e. The van der Waals surface area contributed by atoms with Crippen molar-refractivity contribution >= 4 is 11.6 Å². The van der Waals surface area contributed by atoms with Crippen LogP contribution in [-0.2, 0) is 9.47 Å². The standard InChI is InChI=1S/C14H19ClFNO2/c1-2-19-14(5-7-18-8-6-14)13(17)11-9-10(16)3-4-12(11)15/h3-4,9,13H,2,5-8,17H2,1H3.